The molecule has 0 aliphatic carbocycles. The number of ether oxygens (including phenoxy) is 1. The lowest BCUT2D eigenvalue weighted by atomic mass is 9.95. The molecular weight excluding hydrogens is 294 g/mol. The first-order valence-electron chi connectivity index (χ1n) is 8.28. The van der Waals surface area contributed by atoms with Crippen LogP contribution in [0.4, 0.5) is 0 Å². The van der Waals surface area contributed by atoms with Crippen LogP contribution in [-0.4, -0.2) is 47.2 Å². The largest absolute Gasteiger partial charge is 0.479 e. The van der Waals surface area contributed by atoms with Crippen LogP contribution in [-0.2, 0) is 14.3 Å². The van der Waals surface area contributed by atoms with Crippen molar-refractivity contribution in [1.29, 1.82) is 0 Å². The second kappa shape index (κ2) is 8.11. The van der Waals surface area contributed by atoms with Gasteiger partial charge in [0.2, 0.25) is 0 Å². The number of carboxylic acid groups (broad SMARTS) is 1. The van der Waals surface area contributed by atoms with Crippen LogP contribution in [0.3, 0.4) is 0 Å². The summed E-state index contributed by atoms with van der Waals surface area (Å²) in [6.07, 6.45) is 0.355. The first kappa shape index (κ1) is 17.5. The van der Waals surface area contributed by atoms with Gasteiger partial charge in [-0.15, -0.1) is 0 Å². The van der Waals surface area contributed by atoms with Crippen molar-refractivity contribution in [3.05, 3.63) is 35.9 Å². The second-order valence-electron chi connectivity index (χ2n) is 5.92. The lowest BCUT2D eigenvalue weighted by Gasteiger charge is -2.28. The molecule has 1 unspecified atom stereocenters. The van der Waals surface area contributed by atoms with Gasteiger partial charge in [-0.3, -0.25) is 4.79 Å². The highest BCUT2D eigenvalue weighted by Crippen LogP contribution is 2.25. The molecule has 1 aromatic carbocycles. The van der Waals surface area contributed by atoms with E-state index in [1.165, 1.54) is 5.56 Å². The van der Waals surface area contributed by atoms with E-state index in [1.54, 1.807) is 4.90 Å². The van der Waals surface area contributed by atoms with Gasteiger partial charge in [0, 0.05) is 19.0 Å². The van der Waals surface area contributed by atoms with E-state index in [1.807, 2.05) is 25.1 Å². The molecule has 0 bridgehead atoms. The van der Waals surface area contributed by atoms with Crippen LogP contribution in [0.15, 0.2) is 30.3 Å². The molecule has 0 aromatic heterocycles. The molecule has 1 N–H and O–H groups in total. The minimum Gasteiger partial charge on any atom is -0.479 e. The zero-order chi connectivity index (χ0) is 16.8. The Kier molecular flexibility index (Phi) is 6.16. The molecule has 1 aliphatic rings. The van der Waals surface area contributed by atoms with E-state index in [9.17, 15) is 9.59 Å². The van der Waals surface area contributed by atoms with Crippen molar-refractivity contribution < 1.29 is 19.4 Å². The van der Waals surface area contributed by atoms with Crippen LogP contribution >= 0.6 is 0 Å². The minimum atomic E-state index is -0.987. The molecule has 1 heterocycles. The van der Waals surface area contributed by atoms with Crippen molar-refractivity contribution in [1.82, 2.24) is 4.90 Å². The highest BCUT2D eigenvalue weighted by Gasteiger charge is 2.36. The maximum Gasteiger partial charge on any atom is 0.332 e. The van der Waals surface area contributed by atoms with Gasteiger partial charge in [-0.1, -0.05) is 37.3 Å². The number of carbonyl (C=O) groups excluding carboxylic acids is 1. The van der Waals surface area contributed by atoms with Crippen molar-refractivity contribution in [3.8, 4) is 0 Å². The Labute approximate surface area is 137 Å². The second-order valence-corrected chi connectivity index (χ2v) is 5.92. The predicted octanol–water partition coefficient (Wildman–Crippen LogP) is 2.66. The van der Waals surface area contributed by atoms with Crippen LogP contribution in [0, 0.1) is 0 Å². The Morgan fingerprint density at radius 2 is 1.87 bits per heavy atom. The molecule has 0 radical (unpaired) electrons. The summed E-state index contributed by atoms with van der Waals surface area (Å²) in [7, 11) is 0. The first-order valence-corrected chi connectivity index (χ1v) is 8.28. The van der Waals surface area contributed by atoms with E-state index in [2.05, 4.69) is 19.1 Å². The summed E-state index contributed by atoms with van der Waals surface area (Å²) in [5.41, 5.74) is 1.22. The number of carboxylic acids is 1. The molecule has 5 nitrogen and oxygen atoms in total. The van der Waals surface area contributed by atoms with Crippen LogP contribution < -0.4 is 0 Å². The average molecular weight is 319 g/mol. The number of likely N-dealkylation sites (N-methyl/N-ethyl adjacent to an activating group) is 1. The standard InChI is InChI=1S/C18H25NO4/c1-3-13(14-8-6-5-7-9-14)12-19(4-2)17(20)15-10-11-16(23-15)18(21)22/h5-9,13,15-16H,3-4,10-12H2,1-2H3,(H,21,22)/t13?,15-,16+/m0/s1. The number of benzene rings is 1. The van der Waals surface area contributed by atoms with Crippen molar-refractivity contribution in [3.63, 3.8) is 0 Å². The van der Waals surface area contributed by atoms with Crippen molar-refractivity contribution in [2.24, 2.45) is 0 Å². The molecule has 2 rings (SSSR count). The Hall–Kier alpha value is -1.88. The summed E-state index contributed by atoms with van der Waals surface area (Å²) in [6, 6.07) is 10.2. The third-order valence-corrected chi connectivity index (χ3v) is 4.47. The molecule has 1 amide bonds. The molecular formula is C18H25NO4. The van der Waals surface area contributed by atoms with Crippen molar-refractivity contribution in [2.75, 3.05) is 13.1 Å². The zero-order valence-electron chi connectivity index (χ0n) is 13.8. The SMILES string of the molecule is CCC(CN(CC)C(=O)[C@@H]1CC[C@H](C(=O)O)O1)c1ccccc1. The number of hydrogen-bond acceptors (Lipinski definition) is 3. The molecule has 5 heteroatoms. The van der Waals surface area contributed by atoms with Gasteiger partial charge in [0.05, 0.1) is 0 Å². The van der Waals surface area contributed by atoms with Crippen molar-refractivity contribution >= 4 is 11.9 Å². The molecule has 1 saturated heterocycles. The molecule has 1 fully saturated rings. The number of rotatable bonds is 7. The monoisotopic (exact) mass is 319 g/mol. The van der Waals surface area contributed by atoms with Crippen LogP contribution in [0.1, 0.15) is 44.6 Å². The van der Waals surface area contributed by atoms with Crippen LogP contribution in [0.2, 0.25) is 0 Å². The molecule has 0 spiro atoms. The van der Waals surface area contributed by atoms with Crippen molar-refractivity contribution in [2.45, 2.75) is 51.2 Å². The number of hydrogen-bond donors (Lipinski definition) is 1. The topological polar surface area (TPSA) is 66.8 Å². The van der Waals surface area contributed by atoms with Gasteiger partial charge in [-0.05, 0) is 31.7 Å². The Balaban J connectivity index is 2.01. The highest BCUT2D eigenvalue weighted by molar-refractivity contribution is 5.82. The summed E-state index contributed by atoms with van der Waals surface area (Å²) >= 11 is 0. The number of carbonyl (C=O) groups is 2. The van der Waals surface area contributed by atoms with Gasteiger partial charge in [0.15, 0.2) is 6.10 Å². The van der Waals surface area contributed by atoms with Gasteiger partial charge in [-0.2, -0.15) is 0 Å². The summed E-state index contributed by atoms with van der Waals surface area (Å²) in [5, 5.41) is 8.99. The number of nitrogens with zero attached hydrogens (tertiary/aromatic N) is 1. The third kappa shape index (κ3) is 4.32. The molecule has 1 aromatic rings. The Morgan fingerprint density at radius 3 is 2.39 bits per heavy atom. The van der Waals surface area contributed by atoms with Gasteiger partial charge < -0.3 is 14.7 Å². The lowest BCUT2D eigenvalue weighted by molar-refractivity contribution is -0.154. The van der Waals surface area contributed by atoms with Gasteiger partial charge in [0.1, 0.15) is 6.10 Å². The summed E-state index contributed by atoms with van der Waals surface area (Å²) in [5.74, 6) is -0.804. The number of aliphatic carboxylic acids is 1. The first-order chi connectivity index (χ1) is 11.1. The molecule has 1 aliphatic heterocycles. The maximum atomic E-state index is 12.6. The predicted molar refractivity (Wildman–Crippen MR) is 87.3 cm³/mol. The molecule has 3 atom stereocenters. The van der Waals surface area contributed by atoms with Crippen LogP contribution in [0.5, 0.6) is 0 Å². The van der Waals surface area contributed by atoms with Gasteiger partial charge in [0.25, 0.3) is 5.91 Å². The minimum absolute atomic E-state index is 0.0920. The van der Waals surface area contributed by atoms with E-state index in [0.717, 1.165) is 6.42 Å². The Morgan fingerprint density at radius 1 is 1.22 bits per heavy atom. The number of amides is 1. The average Bonchev–Trinajstić information content (AvgIpc) is 3.06. The lowest BCUT2D eigenvalue weighted by Crippen LogP contribution is -2.41. The fraction of sp³-hybridized carbons (Fsp3) is 0.556. The van der Waals surface area contributed by atoms with Gasteiger partial charge >= 0.3 is 5.97 Å². The Bertz CT molecular complexity index is 531. The van der Waals surface area contributed by atoms with Gasteiger partial charge in [-0.25, -0.2) is 4.79 Å². The van der Waals surface area contributed by atoms with E-state index in [0.29, 0.717) is 25.9 Å². The molecule has 23 heavy (non-hydrogen) atoms. The van der Waals surface area contributed by atoms with E-state index < -0.39 is 18.2 Å². The van der Waals surface area contributed by atoms with E-state index in [4.69, 9.17) is 9.84 Å². The summed E-state index contributed by atoms with van der Waals surface area (Å²) < 4.78 is 5.40. The fourth-order valence-electron chi connectivity index (χ4n) is 3.04. The quantitative estimate of drug-likeness (QED) is 0.839. The fourth-order valence-corrected chi connectivity index (χ4v) is 3.04. The molecule has 0 saturated carbocycles. The maximum absolute atomic E-state index is 12.6. The van der Waals surface area contributed by atoms with Crippen LogP contribution in [0.25, 0.3) is 0 Å². The summed E-state index contributed by atoms with van der Waals surface area (Å²) in [6.45, 7) is 5.29. The molecule has 126 valence electrons. The third-order valence-electron chi connectivity index (χ3n) is 4.47. The highest BCUT2D eigenvalue weighted by atomic mass is 16.5. The van der Waals surface area contributed by atoms with E-state index in [-0.39, 0.29) is 11.8 Å². The van der Waals surface area contributed by atoms with E-state index >= 15 is 0 Å². The normalized spacial score (nSPS) is 21.8. The smallest absolute Gasteiger partial charge is 0.332 e. The zero-order valence-corrected chi connectivity index (χ0v) is 13.8. The summed E-state index contributed by atoms with van der Waals surface area (Å²) in [4.78, 5) is 25.4.